The Labute approximate surface area is 132 Å². The monoisotopic (exact) mass is 295 g/mol. The van der Waals surface area contributed by atoms with E-state index >= 15 is 0 Å². The summed E-state index contributed by atoms with van der Waals surface area (Å²) in [5.41, 5.74) is 4.63. The third-order valence-corrected chi connectivity index (χ3v) is 4.62. The van der Waals surface area contributed by atoms with Crippen LogP contribution >= 0.6 is 0 Å². The number of aromatic amines is 1. The summed E-state index contributed by atoms with van der Waals surface area (Å²) in [5.74, 6) is 1.18. The van der Waals surface area contributed by atoms with Crippen LogP contribution < -0.4 is 0 Å². The van der Waals surface area contributed by atoms with Crippen LogP contribution in [0.4, 0.5) is 0 Å². The van der Waals surface area contributed by atoms with Gasteiger partial charge in [0.05, 0.1) is 5.52 Å². The second-order valence-corrected chi connectivity index (χ2v) is 6.73. The lowest BCUT2D eigenvalue weighted by atomic mass is 9.96. The Morgan fingerprint density at radius 2 is 1.86 bits per heavy atom. The van der Waals surface area contributed by atoms with Crippen LogP contribution in [0.25, 0.3) is 21.8 Å². The number of H-pyrrole nitrogens is 1. The van der Waals surface area contributed by atoms with Gasteiger partial charge in [0.25, 0.3) is 0 Å². The summed E-state index contributed by atoms with van der Waals surface area (Å²) in [4.78, 5) is 3.55. The molecule has 2 aromatic carbocycles. The van der Waals surface area contributed by atoms with Crippen LogP contribution in [0, 0.1) is 12.8 Å². The van der Waals surface area contributed by atoms with Crippen LogP contribution in [0.2, 0.25) is 0 Å². The number of hydrogen-bond donors (Lipinski definition) is 2. The predicted octanol–water partition coefficient (Wildman–Crippen LogP) is 5.70. The van der Waals surface area contributed by atoms with Crippen molar-refractivity contribution in [1.29, 1.82) is 0 Å². The van der Waals surface area contributed by atoms with Gasteiger partial charge in [-0.1, -0.05) is 44.9 Å². The minimum atomic E-state index is 0.413. The average Bonchev–Trinajstić information content (AvgIpc) is 2.85. The van der Waals surface area contributed by atoms with E-state index in [0.29, 0.717) is 5.75 Å². The summed E-state index contributed by atoms with van der Waals surface area (Å²) in [6.07, 6.45) is 4.71. The Bertz CT molecular complexity index is 798. The van der Waals surface area contributed by atoms with Crippen LogP contribution in [-0.4, -0.2) is 10.1 Å². The first-order valence-electron chi connectivity index (χ1n) is 8.29. The normalized spacial score (nSPS) is 11.8. The third-order valence-electron chi connectivity index (χ3n) is 4.62. The fourth-order valence-corrected chi connectivity index (χ4v) is 3.31. The van der Waals surface area contributed by atoms with Gasteiger partial charge in [-0.25, -0.2) is 0 Å². The molecule has 22 heavy (non-hydrogen) atoms. The highest BCUT2D eigenvalue weighted by Crippen LogP contribution is 2.35. The van der Waals surface area contributed by atoms with E-state index in [9.17, 15) is 5.11 Å². The van der Waals surface area contributed by atoms with Gasteiger partial charge in [0.15, 0.2) is 0 Å². The Kier molecular flexibility index (Phi) is 4.10. The minimum Gasteiger partial charge on any atom is -0.508 e. The first-order chi connectivity index (χ1) is 10.6. The standard InChI is InChI=1S/C20H25NO/c1-13(2)8-4-5-9-15-14(3)19(22)12-17-16-10-6-7-11-18(16)21-20(15)17/h6-7,10-13,21-22H,4-5,8-9H2,1-3H3. The third kappa shape index (κ3) is 2.70. The van der Waals surface area contributed by atoms with E-state index in [1.807, 2.05) is 19.1 Å². The molecule has 0 aliphatic heterocycles. The smallest absolute Gasteiger partial charge is 0.119 e. The van der Waals surface area contributed by atoms with Crippen molar-refractivity contribution in [3.8, 4) is 5.75 Å². The molecule has 0 unspecified atom stereocenters. The first-order valence-corrected chi connectivity index (χ1v) is 8.29. The Morgan fingerprint density at radius 3 is 2.64 bits per heavy atom. The Morgan fingerprint density at radius 1 is 1.09 bits per heavy atom. The lowest BCUT2D eigenvalue weighted by Crippen LogP contribution is -1.94. The number of phenols is 1. The molecule has 116 valence electrons. The summed E-state index contributed by atoms with van der Waals surface area (Å²) in [6, 6.07) is 10.2. The number of aryl methyl sites for hydroxylation is 1. The van der Waals surface area contributed by atoms with Crippen molar-refractivity contribution in [2.24, 2.45) is 5.92 Å². The number of phenolic OH excluding ortho intramolecular Hbond substituents is 1. The molecule has 1 aromatic heterocycles. The van der Waals surface area contributed by atoms with Crippen LogP contribution in [0.3, 0.4) is 0 Å². The lowest BCUT2D eigenvalue weighted by Gasteiger charge is -2.10. The number of rotatable bonds is 5. The van der Waals surface area contributed by atoms with Crippen molar-refractivity contribution in [2.75, 3.05) is 0 Å². The van der Waals surface area contributed by atoms with Crippen LogP contribution in [0.15, 0.2) is 30.3 Å². The summed E-state index contributed by atoms with van der Waals surface area (Å²) in [6.45, 7) is 6.57. The maximum atomic E-state index is 10.3. The molecule has 3 rings (SSSR count). The second kappa shape index (κ2) is 6.04. The first kappa shape index (κ1) is 15.0. The molecule has 0 bridgehead atoms. The van der Waals surface area contributed by atoms with Crippen LogP contribution in [-0.2, 0) is 6.42 Å². The second-order valence-electron chi connectivity index (χ2n) is 6.73. The van der Waals surface area contributed by atoms with E-state index in [1.54, 1.807) is 0 Å². The zero-order valence-electron chi connectivity index (χ0n) is 13.7. The molecule has 1 heterocycles. The van der Waals surface area contributed by atoms with Gasteiger partial charge in [0, 0.05) is 16.3 Å². The molecule has 0 aliphatic rings. The lowest BCUT2D eigenvalue weighted by molar-refractivity contribution is 0.470. The van der Waals surface area contributed by atoms with Gasteiger partial charge >= 0.3 is 0 Å². The molecule has 0 aliphatic carbocycles. The van der Waals surface area contributed by atoms with E-state index in [0.717, 1.165) is 28.8 Å². The quantitative estimate of drug-likeness (QED) is 0.582. The summed E-state index contributed by atoms with van der Waals surface area (Å²) in [5, 5.41) is 12.6. The number of fused-ring (bicyclic) bond motifs is 3. The van der Waals surface area contributed by atoms with Gasteiger partial charge in [-0.05, 0) is 48.9 Å². The molecule has 2 N–H and O–H groups in total. The van der Waals surface area contributed by atoms with Gasteiger partial charge in [0.1, 0.15) is 5.75 Å². The summed E-state index contributed by atoms with van der Waals surface area (Å²) < 4.78 is 0. The topological polar surface area (TPSA) is 36.0 Å². The van der Waals surface area contributed by atoms with Crippen LogP contribution in [0.5, 0.6) is 5.75 Å². The van der Waals surface area contributed by atoms with E-state index < -0.39 is 0 Å². The van der Waals surface area contributed by atoms with E-state index in [-0.39, 0.29) is 0 Å². The molecule has 0 radical (unpaired) electrons. The molecule has 0 saturated carbocycles. The fourth-order valence-electron chi connectivity index (χ4n) is 3.31. The minimum absolute atomic E-state index is 0.413. The van der Waals surface area contributed by atoms with Crippen molar-refractivity contribution in [1.82, 2.24) is 4.98 Å². The molecule has 0 saturated heterocycles. The highest BCUT2D eigenvalue weighted by Gasteiger charge is 2.13. The van der Waals surface area contributed by atoms with Crippen LogP contribution in [0.1, 0.15) is 44.2 Å². The maximum Gasteiger partial charge on any atom is 0.119 e. The zero-order chi connectivity index (χ0) is 15.7. The SMILES string of the molecule is Cc1c(O)cc2c([nH]c3ccccc32)c1CCCCC(C)C. The summed E-state index contributed by atoms with van der Waals surface area (Å²) >= 11 is 0. The molecule has 0 atom stereocenters. The van der Waals surface area contributed by atoms with E-state index in [4.69, 9.17) is 0 Å². The van der Waals surface area contributed by atoms with E-state index in [1.165, 1.54) is 35.7 Å². The van der Waals surface area contributed by atoms with Crippen molar-refractivity contribution in [3.63, 3.8) is 0 Å². The zero-order valence-corrected chi connectivity index (χ0v) is 13.7. The predicted molar refractivity (Wildman–Crippen MR) is 94.6 cm³/mol. The average molecular weight is 295 g/mol. The maximum absolute atomic E-state index is 10.3. The summed E-state index contributed by atoms with van der Waals surface area (Å²) in [7, 11) is 0. The Balaban J connectivity index is 2.01. The number of benzene rings is 2. The largest absolute Gasteiger partial charge is 0.508 e. The molecule has 2 nitrogen and oxygen atoms in total. The van der Waals surface area contributed by atoms with Gasteiger partial charge in [-0.3, -0.25) is 0 Å². The van der Waals surface area contributed by atoms with Crippen molar-refractivity contribution < 1.29 is 5.11 Å². The number of hydrogen-bond acceptors (Lipinski definition) is 1. The number of aromatic nitrogens is 1. The van der Waals surface area contributed by atoms with Crippen molar-refractivity contribution >= 4 is 21.8 Å². The molecule has 0 fully saturated rings. The fraction of sp³-hybridized carbons (Fsp3) is 0.400. The molecular formula is C20H25NO. The van der Waals surface area contributed by atoms with Crippen molar-refractivity contribution in [3.05, 3.63) is 41.5 Å². The number of para-hydroxylation sites is 1. The van der Waals surface area contributed by atoms with Crippen molar-refractivity contribution in [2.45, 2.75) is 46.5 Å². The van der Waals surface area contributed by atoms with Gasteiger partial charge in [-0.15, -0.1) is 0 Å². The van der Waals surface area contributed by atoms with E-state index in [2.05, 4.69) is 37.0 Å². The molecule has 2 heteroatoms. The number of nitrogens with one attached hydrogen (secondary N) is 1. The highest BCUT2D eigenvalue weighted by atomic mass is 16.3. The molecule has 0 amide bonds. The van der Waals surface area contributed by atoms with Gasteiger partial charge in [0.2, 0.25) is 0 Å². The highest BCUT2D eigenvalue weighted by molar-refractivity contribution is 6.09. The Hall–Kier alpha value is -1.96. The molecular weight excluding hydrogens is 270 g/mol. The van der Waals surface area contributed by atoms with Gasteiger partial charge in [-0.2, -0.15) is 0 Å². The van der Waals surface area contributed by atoms with Gasteiger partial charge < -0.3 is 10.1 Å². The molecule has 0 spiro atoms. The number of unbranched alkanes of at least 4 members (excludes halogenated alkanes) is 1. The number of aromatic hydroxyl groups is 1. The molecule has 3 aromatic rings.